The molecular weight excluding hydrogens is 251 g/mol. The number of hydrogen-bond donors (Lipinski definition) is 1. The number of nitrogens with zero attached hydrogens (tertiary/aromatic N) is 1. The maximum Gasteiger partial charge on any atom is 0.182 e. The van der Waals surface area contributed by atoms with Crippen LogP contribution >= 0.6 is 11.3 Å². The van der Waals surface area contributed by atoms with Gasteiger partial charge in [-0.25, -0.2) is 9.37 Å². The second-order valence-electron chi connectivity index (χ2n) is 3.88. The van der Waals surface area contributed by atoms with Crippen LogP contribution in [0.25, 0.3) is 0 Å². The van der Waals surface area contributed by atoms with Crippen LogP contribution in [0.4, 0.5) is 9.52 Å². The van der Waals surface area contributed by atoms with E-state index in [-0.39, 0.29) is 11.6 Å². The van der Waals surface area contributed by atoms with Crippen molar-refractivity contribution < 1.29 is 9.13 Å². The number of aryl methyl sites for hydroxylation is 1. The molecular formula is C13H15FN2OS. The molecule has 1 heterocycles. The van der Waals surface area contributed by atoms with Crippen LogP contribution in [0.5, 0.6) is 5.75 Å². The Kier molecular flexibility index (Phi) is 4.15. The van der Waals surface area contributed by atoms with Crippen LogP contribution in [0.3, 0.4) is 0 Å². The summed E-state index contributed by atoms with van der Waals surface area (Å²) in [7, 11) is 0. The topological polar surface area (TPSA) is 34.2 Å². The van der Waals surface area contributed by atoms with Crippen molar-refractivity contribution in [2.24, 2.45) is 0 Å². The molecule has 0 bridgehead atoms. The molecule has 1 aromatic heterocycles. The van der Waals surface area contributed by atoms with Gasteiger partial charge in [-0.2, -0.15) is 0 Å². The van der Waals surface area contributed by atoms with Crippen LogP contribution < -0.4 is 10.1 Å². The lowest BCUT2D eigenvalue weighted by Gasteiger charge is -2.06. The Bertz CT molecular complexity index is 527. The normalized spacial score (nSPS) is 10.4. The Labute approximate surface area is 110 Å². The Morgan fingerprint density at radius 1 is 1.44 bits per heavy atom. The number of hydrogen-bond acceptors (Lipinski definition) is 4. The summed E-state index contributed by atoms with van der Waals surface area (Å²) < 4.78 is 18.9. The average Bonchev–Trinajstić information content (AvgIpc) is 2.79. The van der Waals surface area contributed by atoms with Gasteiger partial charge in [0, 0.05) is 12.7 Å². The predicted molar refractivity (Wildman–Crippen MR) is 71.7 cm³/mol. The first-order chi connectivity index (χ1) is 8.69. The molecule has 3 nitrogen and oxygen atoms in total. The molecule has 2 rings (SSSR count). The number of benzene rings is 1. The van der Waals surface area contributed by atoms with Gasteiger partial charge >= 0.3 is 0 Å². The van der Waals surface area contributed by atoms with E-state index in [0.29, 0.717) is 6.61 Å². The van der Waals surface area contributed by atoms with Gasteiger partial charge in [-0.05, 0) is 31.5 Å². The van der Waals surface area contributed by atoms with Gasteiger partial charge in [-0.1, -0.05) is 17.4 Å². The number of anilines is 1. The molecule has 2 aromatic rings. The van der Waals surface area contributed by atoms with E-state index < -0.39 is 0 Å². The Balaban J connectivity index is 1.99. The fraction of sp³-hybridized carbons (Fsp3) is 0.308. The molecule has 1 aromatic carbocycles. The molecule has 0 saturated carbocycles. The van der Waals surface area contributed by atoms with Crippen LogP contribution in [0.15, 0.2) is 24.4 Å². The van der Waals surface area contributed by atoms with E-state index in [2.05, 4.69) is 10.3 Å². The SMILES string of the molecule is CCNc1ncc(COc2cc(C)ccc2F)s1. The molecule has 0 spiro atoms. The fourth-order valence-electron chi connectivity index (χ4n) is 1.48. The molecule has 5 heteroatoms. The second-order valence-corrected chi connectivity index (χ2v) is 5.00. The van der Waals surface area contributed by atoms with Gasteiger partial charge in [0.15, 0.2) is 16.7 Å². The minimum atomic E-state index is -0.336. The van der Waals surface area contributed by atoms with Crippen molar-refractivity contribution in [3.8, 4) is 5.75 Å². The minimum Gasteiger partial charge on any atom is -0.485 e. The fourth-order valence-corrected chi connectivity index (χ4v) is 2.27. The summed E-state index contributed by atoms with van der Waals surface area (Å²) in [5.74, 6) is -0.0505. The number of ether oxygens (including phenoxy) is 1. The second kappa shape index (κ2) is 5.82. The average molecular weight is 266 g/mol. The van der Waals surface area contributed by atoms with Crippen LogP contribution in [0, 0.1) is 12.7 Å². The molecule has 0 radical (unpaired) electrons. The summed E-state index contributed by atoms with van der Waals surface area (Å²) in [5, 5.41) is 3.99. The molecule has 0 unspecified atom stereocenters. The summed E-state index contributed by atoms with van der Waals surface area (Å²) in [6, 6.07) is 4.83. The Morgan fingerprint density at radius 3 is 3.06 bits per heavy atom. The van der Waals surface area contributed by atoms with Crippen molar-refractivity contribution in [1.29, 1.82) is 0 Å². The van der Waals surface area contributed by atoms with Gasteiger partial charge < -0.3 is 10.1 Å². The van der Waals surface area contributed by atoms with E-state index >= 15 is 0 Å². The van der Waals surface area contributed by atoms with Crippen LogP contribution in [-0.2, 0) is 6.61 Å². The zero-order valence-electron chi connectivity index (χ0n) is 10.4. The molecule has 0 aliphatic heterocycles. The molecule has 0 atom stereocenters. The van der Waals surface area contributed by atoms with Crippen LogP contribution in [-0.4, -0.2) is 11.5 Å². The van der Waals surface area contributed by atoms with E-state index in [1.54, 1.807) is 18.3 Å². The largest absolute Gasteiger partial charge is 0.485 e. The molecule has 0 amide bonds. The number of nitrogens with one attached hydrogen (secondary N) is 1. The molecule has 0 aliphatic carbocycles. The van der Waals surface area contributed by atoms with Crippen LogP contribution in [0.2, 0.25) is 0 Å². The highest BCUT2D eigenvalue weighted by Gasteiger charge is 2.06. The van der Waals surface area contributed by atoms with Gasteiger partial charge in [0.05, 0.1) is 4.88 Å². The lowest BCUT2D eigenvalue weighted by Crippen LogP contribution is -1.96. The van der Waals surface area contributed by atoms with Gasteiger partial charge in [-0.3, -0.25) is 0 Å². The summed E-state index contributed by atoms with van der Waals surface area (Å²) in [6.07, 6.45) is 1.75. The monoisotopic (exact) mass is 266 g/mol. The maximum atomic E-state index is 13.4. The highest BCUT2D eigenvalue weighted by molar-refractivity contribution is 7.15. The van der Waals surface area contributed by atoms with E-state index in [0.717, 1.165) is 22.1 Å². The third kappa shape index (κ3) is 3.20. The lowest BCUT2D eigenvalue weighted by atomic mass is 10.2. The summed E-state index contributed by atoms with van der Waals surface area (Å²) >= 11 is 1.52. The van der Waals surface area contributed by atoms with Gasteiger partial charge in [-0.15, -0.1) is 0 Å². The maximum absolute atomic E-state index is 13.4. The molecule has 96 valence electrons. The van der Waals surface area contributed by atoms with E-state index in [1.807, 2.05) is 13.8 Å². The van der Waals surface area contributed by atoms with Gasteiger partial charge in [0.2, 0.25) is 0 Å². The third-order valence-electron chi connectivity index (χ3n) is 2.34. The summed E-state index contributed by atoms with van der Waals surface area (Å²) in [6.45, 7) is 5.09. The number of halogens is 1. The predicted octanol–water partition coefficient (Wildman–Crippen LogP) is 3.60. The summed E-state index contributed by atoms with van der Waals surface area (Å²) in [5.41, 5.74) is 0.976. The smallest absolute Gasteiger partial charge is 0.182 e. The van der Waals surface area contributed by atoms with E-state index in [9.17, 15) is 4.39 Å². The lowest BCUT2D eigenvalue weighted by molar-refractivity contribution is 0.293. The quantitative estimate of drug-likeness (QED) is 0.897. The summed E-state index contributed by atoms with van der Waals surface area (Å²) in [4.78, 5) is 5.16. The zero-order chi connectivity index (χ0) is 13.0. The standard InChI is InChI=1S/C13H15FN2OS/c1-3-15-13-16-7-10(18-13)8-17-12-6-9(2)4-5-11(12)14/h4-7H,3,8H2,1-2H3,(H,15,16). The first-order valence-electron chi connectivity index (χ1n) is 5.76. The highest BCUT2D eigenvalue weighted by Crippen LogP contribution is 2.22. The molecule has 0 fully saturated rings. The molecule has 1 N–H and O–H groups in total. The van der Waals surface area contributed by atoms with E-state index in [4.69, 9.17) is 4.74 Å². The van der Waals surface area contributed by atoms with Crippen molar-refractivity contribution >= 4 is 16.5 Å². The van der Waals surface area contributed by atoms with Crippen molar-refractivity contribution in [3.63, 3.8) is 0 Å². The first kappa shape index (κ1) is 12.8. The van der Waals surface area contributed by atoms with Crippen LogP contribution in [0.1, 0.15) is 17.4 Å². The Morgan fingerprint density at radius 2 is 2.28 bits per heavy atom. The Hall–Kier alpha value is -1.62. The van der Waals surface area contributed by atoms with Crippen molar-refractivity contribution in [1.82, 2.24) is 4.98 Å². The number of thiazole rings is 1. The first-order valence-corrected chi connectivity index (χ1v) is 6.58. The molecule has 0 saturated heterocycles. The molecule has 18 heavy (non-hydrogen) atoms. The third-order valence-corrected chi connectivity index (χ3v) is 3.27. The molecule has 0 aliphatic rings. The minimum absolute atomic E-state index is 0.286. The van der Waals surface area contributed by atoms with Crippen molar-refractivity contribution in [2.75, 3.05) is 11.9 Å². The number of aromatic nitrogens is 1. The zero-order valence-corrected chi connectivity index (χ0v) is 11.2. The van der Waals surface area contributed by atoms with Crippen molar-refractivity contribution in [2.45, 2.75) is 20.5 Å². The van der Waals surface area contributed by atoms with Gasteiger partial charge in [0.1, 0.15) is 6.61 Å². The van der Waals surface area contributed by atoms with E-state index in [1.165, 1.54) is 17.4 Å². The highest BCUT2D eigenvalue weighted by atomic mass is 32.1. The van der Waals surface area contributed by atoms with Crippen molar-refractivity contribution in [3.05, 3.63) is 40.7 Å². The van der Waals surface area contributed by atoms with Gasteiger partial charge in [0.25, 0.3) is 0 Å². The number of rotatable bonds is 5.